The molecule has 1 aliphatic rings. The minimum Gasteiger partial charge on any atom is -0.464 e. The van der Waals surface area contributed by atoms with Gasteiger partial charge < -0.3 is 9.32 Å². The van der Waals surface area contributed by atoms with E-state index in [0.29, 0.717) is 12.6 Å². The third kappa shape index (κ3) is 3.12. The molecule has 94 valence electrons. The molecule has 0 N–H and O–H groups in total. The summed E-state index contributed by atoms with van der Waals surface area (Å²) in [5.74, 6) is 1.88. The standard InChI is InChI=1S/C13H18BrNO2/c1-9-4-7-11(17-9)8-15(10-5-6-10)12(16)13(2,3)14/h4,7,10H,5-6,8H2,1-3H3. The number of rotatable bonds is 4. The molecule has 1 saturated carbocycles. The molecule has 0 radical (unpaired) electrons. The van der Waals surface area contributed by atoms with Crippen LogP contribution in [0.3, 0.4) is 0 Å². The molecule has 1 heterocycles. The van der Waals surface area contributed by atoms with E-state index in [0.717, 1.165) is 24.4 Å². The number of hydrogen-bond acceptors (Lipinski definition) is 2. The van der Waals surface area contributed by atoms with Gasteiger partial charge in [-0.1, -0.05) is 15.9 Å². The zero-order valence-electron chi connectivity index (χ0n) is 10.5. The predicted octanol–water partition coefficient (Wildman–Crippen LogP) is 3.25. The van der Waals surface area contributed by atoms with Crippen molar-refractivity contribution in [1.29, 1.82) is 0 Å². The normalized spacial score (nSPS) is 16.0. The van der Waals surface area contributed by atoms with Gasteiger partial charge in [0.15, 0.2) is 0 Å². The van der Waals surface area contributed by atoms with Crippen molar-refractivity contribution in [3.63, 3.8) is 0 Å². The average Bonchev–Trinajstić information content (AvgIpc) is 2.97. The van der Waals surface area contributed by atoms with Crippen LogP contribution in [0, 0.1) is 6.92 Å². The quantitative estimate of drug-likeness (QED) is 0.800. The molecular formula is C13H18BrNO2. The van der Waals surface area contributed by atoms with Crippen LogP contribution in [0.4, 0.5) is 0 Å². The molecule has 1 aromatic heterocycles. The molecule has 0 aromatic carbocycles. The second-order valence-electron chi connectivity index (χ2n) is 5.15. The number of hydrogen-bond donors (Lipinski definition) is 0. The molecule has 2 rings (SSSR count). The van der Waals surface area contributed by atoms with Crippen molar-refractivity contribution < 1.29 is 9.21 Å². The van der Waals surface area contributed by atoms with E-state index in [1.54, 1.807) is 0 Å². The number of aryl methyl sites for hydroxylation is 1. The zero-order valence-corrected chi connectivity index (χ0v) is 12.1. The monoisotopic (exact) mass is 299 g/mol. The number of alkyl halides is 1. The first kappa shape index (κ1) is 12.7. The van der Waals surface area contributed by atoms with Crippen molar-refractivity contribution in [1.82, 2.24) is 4.90 Å². The average molecular weight is 300 g/mol. The fourth-order valence-electron chi connectivity index (χ4n) is 1.83. The largest absolute Gasteiger partial charge is 0.464 e. The Morgan fingerprint density at radius 2 is 2.18 bits per heavy atom. The van der Waals surface area contributed by atoms with Gasteiger partial charge in [0.25, 0.3) is 0 Å². The molecule has 0 saturated heterocycles. The molecule has 3 nitrogen and oxygen atoms in total. The summed E-state index contributed by atoms with van der Waals surface area (Å²) < 4.78 is 5.04. The maximum absolute atomic E-state index is 12.3. The Kier molecular flexibility index (Phi) is 3.34. The van der Waals surface area contributed by atoms with Gasteiger partial charge in [-0.25, -0.2) is 0 Å². The molecule has 4 heteroatoms. The van der Waals surface area contributed by atoms with Crippen LogP contribution in [0.5, 0.6) is 0 Å². The smallest absolute Gasteiger partial charge is 0.239 e. The second-order valence-corrected chi connectivity index (χ2v) is 7.13. The van der Waals surface area contributed by atoms with Crippen LogP contribution < -0.4 is 0 Å². The molecule has 1 aliphatic carbocycles. The summed E-state index contributed by atoms with van der Waals surface area (Å²) >= 11 is 3.44. The lowest BCUT2D eigenvalue weighted by Crippen LogP contribution is -2.42. The van der Waals surface area contributed by atoms with E-state index in [9.17, 15) is 4.79 Å². The third-order valence-corrected chi connectivity index (χ3v) is 3.22. The van der Waals surface area contributed by atoms with Crippen LogP contribution in [0.25, 0.3) is 0 Å². The number of nitrogens with zero attached hydrogens (tertiary/aromatic N) is 1. The van der Waals surface area contributed by atoms with Crippen LogP contribution in [0.1, 0.15) is 38.2 Å². The van der Waals surface area contributed by atoms with Crippen LogP contribution in [0.2, 0.25) is 0 Å². The minimum atomic E-state index is -0.503. The van der Waals surface area contributed by atoms with E-state index < -0.39 is 4.32 Å². The maximum atomic E-state index is 12.3. The molecule has 0 bridgehead atoms. The first-order valence-electron chi connectivity index (χ1n) is 5.93. The van der Waals surface area contributed by atoms with Gasteiger partial charge in [0.05, 0.1) is 10.9 Å². The van der Waals surface area contributed by atoms with Crippen molar-refractivity contribution in [2.24, 2.45) is 0 Å². The number of halogens is 1. The highest BCUT2D eigenvalue weighted by Crippen LogP contribution is 2.32. The molecule has 1 aromatic rings. The number of furan rings is 1. The van der Waals surface area contributed by atoms with Crippen molar-refractivity contribution in [2.75, 3.05) is 0 Å². The fourth-order valence-corrected chi connectivity index (χ4v) is 2.06. The van der Waals surface area contributed by atoms with Crippen LogP contribution in [-0.4, -0.2) is 21.2 Å². The molecule has 0 aliphatic heterocycles. The first-order valence-corrected chi connectivity index (χ1v) is 6.72. The van der Waals surface area contributed by atoms with Gasteiger partial charge in [0.2, 0.25) is 5.91 Å². The summed E-state index contributed by atoms with van der Waals surface area (Å²) in [7, 11) is 0. The second kappa shape index (κ2) is 4.48. The van der Waals surface area contributed by atoms with Gasteiger partial charge in [-0.2, -0.15) is 0 Å². The molecule has 0 unspecified atom stereocenters. The summed E-state index contributed by atoms with van der Waals surface area (Å²) in [6, 6.07) is 4.27. The third-order valence-electron chi connectivity index (χ3n) is 2.88. The van der Waals surface area contributed by atoms with E-state index in [1.807, 2.05) is 37.8 Å². The fraction of sp³-hybridized carbons (Fsp3) is 0.615. The van der Waals surface area contributed by atoms with E-state index in [1.165, 1.54) is 0 Å². The Morgan fingerprint density at radius 3 is 2.59 bits per heavy atom. The first-order chi connectivity index (χ1) is 7.88. The van der Waals surface area contributed by atoms with E-state index in [2.05, 4.69) is 15.9 Å². The van der Waals surface area contributed by atoms with Crippen LogP contribution >= 0.6 is 15.9 Å². The summed E-state index contributed by atoms with van der Waals surface area (Å²) in [6.07, 6.45) is 2.21. The topological polar surface area (TPSA) is 33.5 Å². The summed E-state index contributed by atoms with van der Waals surface area (Å²) in [5, 5.41) is 0. The van der Waals surface area contributed by atoms with Crippen molar-refractivity contribution in [3.05, 3.63) is 23.7 Å². The molecule has 0 atom stereocenters. The highest BCUT2D eigenvalue weighted by atomic mass is 79.9. The van der Waals surface area contributed by atoms with Crippen molar-refractivity contribution in [2.45, 2.75) is 50.5 Å². The Hall–Kier alpha value is -0.770. The molecular weight excluding hydrogens is 282 g/mol. The van der Waals surface area contributed by atoms with Crippen LogP contribution in [-0.2, 0) is 11.3 Å². The van der Waals surface area contributed by atoms with E-state index >= 15 is 0 Å². The van der Waals surface area contributed by atoms with Crippen molar-refractivity contribution in [3.8, 4) is 0 Å². The number of carbonyl (C=O) groups excluding carboxylic acids is 1. The SMILES string of the molecule is Cc1ccc(CN(C(=O)C(C)(C)Br)C2CC2)o1. The van der Waals surface area contributed by atoms with Gasteiger partial charge in [-0.15, -0.1) is 0 Å². The van der Waals surface area contributed by atoms with Gasteiger partial charge in [0.1, 0.15) is 11.5 Å². The lowest BCUT2D eigenvalue weighted by atomic mass is 10.2. The lowest BCUT2D eigenvalue weighted by molar-refractivity contribution is -0.134. The van der Waals surface area contributed by atoms with E-state index in [-0.39, 0.29) is 5.91 Å². The number of carbonyl (C=O) groups is 1. The van der Waals surface area contributed by atoms with Crippen molar-refractivity contribution >= 4 is 21.8 Å². The lowest BCUT2D eigenvalue weighted by Gasteiger charge is -2.27. The maximum Gasteiger partial charge on any atom is 0.239 e. The Morgan fingerprint density at radius 1 is 1.53 bits per heavy atom. The summed E-state index contributed by atoms with van der Waals surface area (Å²) in [4.78, 5) is 14.2. The Balaban J connectivity index is 2.10. The highest BCUT2D eigenvalue weighted by Gasteiger charge is 2.38. The van der Waals surface area contributed by atoms with Gasteiger partial charge in [0, 0.05) is 6.04 Å². The number of amides is 1. The van der Waals surface area contributed by atoms with Gasteiger partial charge in [-0.05, 0) is 45.7 Å². The molecule has 1 fully saturated rings. The van der Waals surface area contributed by atoms with Crippen LogP contribution in [0.15, 0.2) is 16.5 Å². The Labute approximate surface area is 110 Å². The minimum absolute atomic E-state index is 0.133. The summed E-state index contributed by atoms with van der Waals surface area (Å²) in [6.45, 7) is 6.27. The predicted molar refractivity (Wildman–Crippen MR) is 70.0 cm³/mol. The zero-order chi connectivity index (χ0) is 12.6. The van der Waals surface area contributed by atoms with Gasteiger partial charge in [-0.3, -0.25) is 4.79 Å². The van der Waals surface area contributed by atoms with Gasteiger partial charge >= 0.3 is 0 Å². The summed E-state index contributed by atoms with van der Waals surface area (Å²) in [5.41, 5.74) is 0. The highest BCUT2D eigenvalue weighted by molar-refractivity contribution is 9.10. The molecule has 17 heavy (non-hydrogen) atoms. The van der Waals surface area contributed by atoms with E-state index in [4.69, 9.17) is 4.42 Å². The Bertz CT molecular complexity index is 415. The molecule has 0 spiro atoms. The molecule has 1 amide bonds.